The smallest absolute Gasteiger partial charge is 0.303 e. The summed E-state index contributed by atoms with van der Waals surface area (Å²) in [6.07, 6.45) is 1.62. The molecule has 0 aliphatic carbocycles. The quantitative estimate of drug-likeness (QED) is 0.840. The molecule has 136 valence electrons. The standard InChI is InChI=1S/C20H20ClNO4/c21-16-4-6-17(7-5-16)26-18-3-1-2-15(13-18)20(25)22-10-8-14(9-11-22)12-19(23)24/h1-7,13-14H,8-12H2,(H,23,24). The third-order valence-corrected chi connectivity index (χ3v) is 4.75. The lowest BCUT2D eigenvalue weighted by molar-refractivity contribution is -0.138. The van der Waals surface area contributed by atoms with Crippen molar-refractivity contribution in [1.82, 2.24) is 4.90 Å². The predicted octanol–water partition coefficient (Wildman–Crippen LogP) is 4.46. The van der Waals surface area contributed by atoms with Crippen LogP contribution in [0.5, 0.6) is 11.5 Å². The number of hydrogen-bond donors (Lipinski definition) is 1. The zero-order valence-electron chi connectivity index (χ0n) is 14.2. The van der Waals surface area contributed by atoms with Crippen LogP contribution in [0.4, 0.5) is 0 Å². The number of carboxylic acid groups (broad SMARTS) is 1. The number of carbonyl (C=O) groups excluding carboxylic acids is 1. The highest BCUT2D eigenvalue weighted by Crippen LogP contribution is 2.26. The molecular formula is C20H20ClNO4. The van der Waals surface area contributed by atoms with E-state index in [1.54, 1.807) is 53.4 Å². The molecular weight excluding hydrogens is 354 g/mol. The second-order valence-corrected chi connectivity index (χ2v) is 6.85. The molecule has 26 heavy (non-hydrogen) atoms. The molecule has 2 aromatic rings. The van der Waals surface area contributed by atoms with E-state index in [1.165, 1.54) is 0 Å². The Morgan fingerprint density at radius 2 is 1.77 bits per heavy atom. The lowest BCUT2D eigenvalue weighted by Gasteiger charge is -2.31. The van der Waals surface area contributed by atoms with Crippen LogP contribution < -0.4 is 4.74 Å². The molecule has 0 spiro atoms. The summed E-state index contributed by atoms with van der Waals surface area (Å²) in [6.45, 7) is 1.16. The molecule has 5 nitrogen and oxygen atoms in total. The number of amides is 1. The molecule has 3 rings (SSSR count). The predicted molar refractivity (Wildman–Crippen MR) is 98.8 cm³/mol. The fourth-order valence-electron chi connectivity index (χ4n) is 3.10. The monoisotopic (exact) mass is 373 g/mol. The van der Waals surface area contributed by atoms with Gasteiger partial charge in [0.25, 0.3) is 5.91 Å². The Morgan fingerprint density at radius 1 is 1.08 bits per heavy atom. The van der Waals surface area contributed by atoms with Crippen molar-refractivity contribution in [3.8, 4) is 11.5 Å². The molecule has 0 aromatic heterocycles. The maximum Gasteiger partial charge on any atom is 0.303 e. The number of halogens is 1. The van der Waals surface area contributed by atoms with Gasteiger partial charge in [-0.3, -0.25) is 9.59 Å². The lowest BCUT2D eigenvalue weighted by atomic mass is 9.93. The van der Waals surface area contributed by atoms with Crippen molar-refractivity contribution in [3.63, 3.8) is 0 Å². The zero-order valence-corrected chi connectivity index (χ0v) is 15.0. The summed E-state index contributed by atoms with van der Waals surface area (Å²) in [5.41, 5.74) is 0.563. The first-order valence-electron chi connectivity index (χ1n) is 8.56. The number of carbonyl (C=O) groups is 2. The van der Waals surface area contributed by atoms with Crippen molar-refractivity contribution < 1.29 is 19.4 Å². The fraction of sp³-hybridized carbons (Fsp3) is 0.300. The molecule has 1 N–H and O–H groups in total. The van der Waals surface area contributed by atoms with Crippen molar-refractivity contribution in [2.75, 3.05) is 13.1 Å². The number of ether oxygens (including phenoxy) is 1. The number of likely N-dealkylation sites (tertiary alicyclic amines) is 1. The van der Waals surface area contributed by atoms with Crippen LogP contribution in [0, 0.1) is 5.92 Å². The fourth-order valence-corrected chi connectivity index (χ4v) is 3.23. The van der Waals surface area contributed by atoms with Crippen LogP contribution in [0.25, 0.3) is 0 Å². The first-order chi connectivity index (χ1) is 12.5. The van der Waals surface area contributed by atoms with Crippen LogP contribution in [-0.2, 0) is 4.79 Å². The average molecular weight is 374 g/mol. The van der Waals surface area contributed by atoms with E-state index in [4.69, 9.17) is 21.4 Å². The first-order valence-corrected chi connectivity index (χ1v) is 8.93. The van der Waals surface area contributed by atoms with E-state index in [2.05, 4.69) is 0 Å². The van der Waals surface area contributed by atoms with E-state index in [-0.39, 0.29) is 18.2 Å². The minimum Gasteiger partial charge on any atom is -0.481 e. The van der Waals surface area contributed by atoms with Crippen molar-refractivity contribution in [2.45, 2.75) is 19.3 Å². The largest absolute Gasteiger partial charge is 0.481 e. The summed E-state index contributed by atoms with van der Waals surface area (Å²) in [4.78, 5) is 25.3. The zero-order chi connectivity index (χ0) is 18.5. The number of carboxylic acids is 1. The Morgan fingerprint density at radius 3 is 2.42 bits per heavy atom. The molecule has 1 aliphatic heterocycles. The van der Waals surface area contributed by atoms with E-state index >= 15 is 0 Å². The second kappa shape index (κ2) is 8.23. The molecule has 1 fully saturated rings. The van der Waals surface area contributed by atoms with Gasteiger partial charge in [0.2, 0.25) is 0 Å². The normalized spacial score (nSPS) is 14.9. The highest BCUT2D eigenvalue weighted by Gasteiger charge is 2.25. The van der Waals surface area contributed by atoms with Crippen LogP contribution in [0.15, 0.2) is 48.5 Å². The van der Waals surface area contributed by atoms with Crippen LogP contribution >= 0.6 is 11.6 Å². The molecule has 0 unspecified atom stereocenters. The van der Waals surface area contributed by atoms with E-state index in [1.807, 2.05) is 0 Å². The van der Waals surface area contributed by atoms with Gasteiger partial charge in [-0.1, -0.05) is 17.7 Å². The highest BCUT2D eigenvalue weighted by molar-refractivity contribution is 6.30. The minimum absolute atomic E-state index is 0.0552. The first kappa shape index (κ1) is 18.3. The van der Waals surface area contributed by atoms with Crippen LogP contribution in [-0.4, -0.2) is 35.0 Å². The Labute approximate surface area is 157 Å². The Bertz CT molecular complexity index is 783. The molecule has 2 aromatic carbocycles. The van der Waals surface area contributed by atoms with Crippen molar-refractivity contribution in [3.05, 3.63) is 59.1 Å². The lowest BCUT2D eigenvalue weighted by Crippen LogP contribution is -2.38. The van der Waals surface area contributed by atoms with Gasteiger partial charge in [0, 0.05) is 30.1 Å². The molecule has 0 radical (unpaired) electrons. The van der Waals surface area contributed by atoms with Crippen molar-refractivity contribution >= 4 is 23.5 Å². The number of rotatable bonds is 5. The van der Waals surface area contributed by atoms with E-state index in [0.29, 0.717) is 35.2 Å². The van der Waals surface area contributed by atoms with Crippen LogP contribution in [0.3, 0.4) is 0 Å². The molecule has 0 atom stereocenters. The maximum atomic E-state index is 12.7. The van der Waals surface area contributed by atoms with Gasteiger partial charge in [-0.2, -0.15) is 0 Å². The molecule has 1 aliphatic rings. The van der Waals surface area contributed by atoms with Crippen LogP contribution in [0.1, 0.15) is 29.6 Å². The van der Waals surface area contributed by atoms with Gasteiger partial charge in [0.1, 0.15) is 11.5 Å². The van der Waals surface area contributed by atoms with Gasteiger partial charge in [0.05, 0.1) is 0 Å². The summed E-state index contributed by atoms with van der Waals surface area (Å²) in [5, 5.41) is 9.52. The average Bonchev–Trinajstić information content (AvgIpc) is 2.63. The van der Waals surface area contributed by atoms with E-state index in [9.17, 15) is 9.59 Å². The Balaban J connectivity index is 1.63. The molecule has 1 saturated heterocycles. The van der Waals surface area contributed by atoms with Crippen LogP contribution in [0.2, 0.25) is 5.02 Å². The number of piperidine rings is 1. The van der Waals surface area contributed by atoms with Gasteiger partial charge in [-0.25, -0.2) is 0 Å². The van der Waals surface area contributed by atoms with Gasteiger partial charge in [-0.05, 0) is 61.2 Å². The third-order valence-electron chi connectivity index (χ3n) is 4.50. The Hall–Kier alpha value is -2.53. The summed E-state index contributed by atoms with van der Waals surface area (Å²) in [6, 6.07) is 14.1. The van der Waals surface area contributed by atoms with E-state index < -0.39 is 5.97 Å². The van der Waals surface area contributed by atoms with Gasteiger partial charge in [-0.15, -0.1) is 0 Å². The van der Waals surface area contributed by atoms with Gasteiger partial charge in [0.15, 0.2) is 0 Å². The SMILES string of the molecule is O=C(O)CC1CCN(C(=O)c2cccc(Oc3ccc(Cl)cc3)c2)CC1. The number of nitrogens with zero attached hydrogens (tertiary/aromatic N) is 1. The molecule has 1 heterocycles. The van der Waals surface area contributed by atoms with E-state index in [0.717, 1.165) is 12.8 Å². The summed E-state index contributed by atoms with van der Waals surface area (Å²) in [5.74, 6) is 0.547. The molecule has 1 amide bonds. The molecule has 0 bridgehead atoms. The minimum atomic E-state index is -0.776. The number of benzene rings is 2. The highest BCUT2D eigenvalue weighted by atomic mass is 35.5. The van der Waals surface area contributed by atoms with Crippen molar-refractivity contribution in [1.29, 1.82) is 0 Å². The molecule has 6 heteroatoms. The number of hydrogen-bond acceptors (Lipinski definition) is 3. The summed E-state index contributed by atoms with van der Waals surface area (Å²) in [7, 11) is 0. The second-order valence-electron chi connectivity index (χ2n) is 6.42. The summed E-state index contributed by atoms with van der Waals surface area (Å²) < 4.78 is 5.78. The maximum absolute atomic E-state index is 12.7. The number of aliphatic carboxylic acids is 1. The van der Waals surface area contributed by atoms with Gasteiger partial charge >= 0.3 is 5.97 Å². The Kier molecular flexibility index (Phi) is 5.78. The third kappa shape index (κ3) is 4.76. The summed E-state index contributed by atoms with van der Waals surface area (Å²) >= 11 is 5.87. The molecule has 0 saturated carbocycles. The topological polar surface area (TPSA) is 66.8 Å². The van der Waals surface area contributed by atoms with Gasteiger partial charge < -0.3 is 14.7 Å². The van der Waals surface area contributed by atoms with Crippen molar-refractivity contribution in [2.24, 2.45) is 5.92 Å².